The number of nitrogens with zero attached hydrogens (tertiary/aromatic N) is 2. The minimum absolute atomic E-state index is 0.403. The van der Waals surface area contributed by atoms with Crippen LogP contribution < -0.4 is 17.0 Å². The fourth-order valence-electron chi connectivity index (χ4n) is 1.83. The molecule has 6 N–H and O–H groups in total. The van der Waals surface area contributed by atoms with Gasteiger partial charge in [0.1, 0.15) is 11.3 Å². The van der Waals surface area contributed by atoms with Gasteiger partial charge in [0.2, 0.25) is 6.41 Å². The molecule has 0 atom stereocenters. The topological polar surface area (TPSA) is 123 Å². The van der Waals surface area contributed by atoms with Crippen molar-refractivity contribution in [2.45, 2.75) is 13.8 Å². The smallest absolute Gasteiger partial charge is 0.221 e. The summed E-state index contributed by atoms with van der Waals surface area (Å²) < 4.78 is 2.13. The maximum Gasteiger partial charge on any atom is 0.221 e. The van der Waals surface area contributed by atoms with Crippen LogP contribution in [0.25, 0.3) is 11.4 Å². The molecule has 1 heterocycles. The van der Waals surface area contributed by atoms with E-state index < -0.39 is 0 Å². The SMILES string of the molecule is Cc1ccc(-c2ncn[nH]2)cc1Br.Cc1ccc(C(N)=S)cc1Br.NNC=O. The van der Waals surface area contributed by atoms with Gasteiger partial charge in [0.05, 0.1) is 0 Å². The normalized spacial score (nSPS) is 9.32. The van der Waals surface area contributed by atoms with Gasteiger partial charge in [-0.3, -0.25) is 15.3 Å². The second-order valence-corrected chi connectivity index (χ2v) is 7.56. The zero-order valence-corrected chi connectivity index (χ0v) is 19.2. The number of rotatable bonds is 3. The van der Waals surface area contributed by atoms with Crippen molar-refractivity contribution < 1.29 is 4.79 Å². The number of benzene rings is 2. The Bertz CT molecular complexity index is 918. The zero-order valence-electron chi connectivity index (χ0n) is 15.2. The largest absolute Gasteiger partial charge is 0.389 e. The van der Waals surface area contributed by atoms with E-state index in [0.29, 0.717) is 11.4 Å². The van der Waals surface area contributed by atoms with Crippen molar-refractivity contribution in [3.8, 4) is 11.4 Å². The van der Waals surface area contributed by atoms with Gasteiger partial charge in [-0.25, -0.2) is 10.8 Å². The summed E-state index contributed by atoms with van der Waals surface area (Å²) >= 11 is 11.7. The number of nitrogens with one attached hydrogen (secondary N) is 2. The number of amides is 1. The third-order valence-electron chi connectivity index (χ3n) is 3.38. The van der Waals surface area contributed by atoms with Crippen molar-refractivity contribution >= 4 is 55.5 Å². The number of nitrogens with two attached hydrogens (primary N) is 2. The highest BCUT2D eigenvalue weighted by atomic mass is 79.9. The van der Waals surface area contributed by atoms with Gasteiger partial charge in [-0.2, -0.15) is 5.10 Å². The van der Waals surface area contributed by atoms with Crippen molar-refractivity contribution in [3.05, 3.63) is 68.4 Å². The van der Waals surface area contributed by atoms with Gasteiger partial charge in [-0.1, -0.05) is 68.3 Å². The van der Waals surface area contributed by atoms with Crippen LogP contribution in [0.1, 0.15) is 16.7 Å². The van der Waals surface area contributed by atoms with Crippen molar-refractivity contribution in [1.29, 1.82) is 0 Å². The second-order valence-electron chi connectivity index (χ2n) is 5.41. The molecule has 1 amide bonds. The van der Waals surface area contributed by atoms with Gasteiger partial charge in [-0.15, -0.1) is 0 Å². The molecule has 0 radical (unpaired) electrons. The highest BCUT2D eigenvalue weighted by Crippen LogP contribution is 2.22. The maximum absolute atomic E-state index is 8.94. The van der Waals surface area contributed by atoms with Crippen molar-refractivity contribution in [2.75, 3.05) is 0 Å². The monoisotopic (exact) mass is 526 g/mol. The Kier molecular flexibility index (Phi) is 10.5. The van der Waals surface area contributed by atoms with Gasteiger partial charge in [-0.05, 0) is 37.1 Å². The molecule has 3 rings (SSSR count). The summed E-state index contributed by atoms with van der Waals surface area (Å²) in [6, 6.07) is 11.9. The highest BCUT2D eigenvalue weighted by molar-refractivity contribution is 9.10. The predicted octanol–water partition coefficient (Wildman–Crippen LogP) is 3.54. The summed E-state index contributed by atoms with van der Waals surface area (Å²) in [6.07, 6.45) is 1.91. The van der Waals surface area contributed by atoms with E-state index in [1.165, 1.54) is 17.5 Å². The molecule has 10 heteroatoms. The molecule has 0 spiro atoms. The van der Waals surface area contributed by atoms with E-state index in [2.05, 4.69) is 52.9 Å². The lowest BCUT2D eigenvalue weighted by molar-refractivity contribution is -0.109. The van der Waals surface area contributed by atoms with Crippen LogP contribution in [0.5, 0.6) is 0 Å². The molecule has 0 aliphatic carbocycles. The van der Waals surface area contributed by atoms with E-state index in [-0.39, 0.29) is 0 Å². The Morgan fingerprint density at radius 3 is 2.14 bits per heavy atom. The van der Waals surface area contributed by atoms with E-state index in [0.717, 1.165) is 25.9 Å². The molecule has 0 saturated heterocycles. The van der Waals surface area contributed by atoms with E-state index in [4.69, 9.17) is 22.7 Å². The van der Waals surface area contributed by atoms with E-state index >= 15 is 0 Å². The first-order chi connectivity index (χ1) is 13.3. The molecule has 148 valence electrons. The molecule has 3 aromatic rings. The summed E-state index contributed by atoms with van der Waals surface area (Å²) in [7, 11) is 0. The molecule has 1 aromatic heterocycles. The molecule has 0 unspecified atom stereocenters. The third kappa shape index (κ3) is 7.85. The molecule has 0 aliphatic rings. The molecule has 28 heavy (non-hydrogen) atoms. The molecule has 0 saturated carbocycles. The van der Waals surface area contributed by atoms with Crippen LogP contribution in [0.15, 0.2) is 51.7 Å². The maximum atomic E-state index is 8.94. The summed E-state index contributed by atoms with van der Waals surface area (Å²) in [6.45, 7) is 4.07. The van der Waals surface area contributed by atoms with E-state index in [1.807, 2.05) is 50.2 Å². The first kappa shape index (κ1) is 23.9. The minimum atomic E-state index is 0.403. The molecule has 2 aromatic carbocycles. The fraction of sp³-hybridized carbons (Fsp3) is 0.111. The van der Waals surface area contributed by atoms with Gasteiger partial charge >= 0.3 is 0 Å². The first-order valence-electron chi connectivity index (χ1n) is 7.87. The average Bonchev–Trinajstić information content (AvgIpc) is 3.21. The third-order valence-corrected chi connectivity index (χ3v) is 5.33. The number of halogens is 2. The Balaban J connectivity index is 0.000000239. The lowest BCUT2D eigenvalue weighted by Crippen LogP contribution is -2.18. The molecule has 0 fully saturated rings. The molecular weight excluding hydrogens is 508 g/mol. The summed E-state index contributed by atoms with van der Waals surface area (Å²) in [5.41, 5.74) is 11.5. The van der Waals surface area contributed by atoms with Gasteiger partial charge in [0.25, 0.3) is 0 Å². The van der Waals surface area contributed by atoms with Crippen LogP contribution in [0, 0.1) is 13.8 Å². The summed E-state index contributed by atoms with van der Waals surface area (Å²) in [5.74, 6) is 5.20. The standard InChI is InChI=1S/C9H8BrN3.C8H8BrNS.CH4N2O/c1-6-2-3-7(4-8(6)10)9-11-5-12-13-9;1-5-2-3-6(8(10)11)4-7(5)9;2-3-1-4/h2-5H,1H3,(H,11,12,13);2-4H,1H3,(H2,10,11);1H,2H2,(H,3,4). The Hall–Kier alpha value is -2.14. The van der Waals surface area contributed by atoms with Crippen LogP contribution in [0.2, 0.25) is 0 Å². The first-order valence-corrected chi connectivity index (χ1v) is 9.87. The highest BCUT2D eigenvalue weighted by Gasteiger charge is 2.02. The summed E-state index contributed by atoms with van der Waals surface area (Å²) in [5, 5.41) is 6.62. The number of hydrazine groups is 1. The Morgan fingerprint density at radius 1 is 1.14 bits per heavy atom. The number of thiocarbonyl (C=S) groups is 1. The number of aromatic amines is 1. The van der Waals surface area contributed by atoms with E-state index in [1.54, 1.807) is 5.43 Å². The molecule has 7 nitrogen and oxygen atoms in total. The van der Waals surface area contributed by atoms with Crippen molar-refractivity contribution in [2.24, 2.45) is 11.6 Å². The zero-order chi connectivity index (χ0) is 21.1. The van der Waals surface area contributed by atoms with Gasteiger partial charge in [0.15, 0.2) is 5.82 Å². The van der Waals surface area contributed by atoms with Crippen LogP contribution in [0.3, 0.4) is 0 Å². The van der Waals surface area contributed by atoms with Gasteiger partial charge < -0.3 is 5.73 Å². The number of carbonyl (C=O) groups excluding carboxylic acids is 1. The number of hydrogen-bond donors (Lipinski definition) is 4. The average molecular weight is 528 g/mol. The number of hydrogen-bond acceptors (Lipinski definition) is 5. The summed E-state index contributed by atoms with van der Waals surface area (Å²) in [4.78, 5) is 13.4. The number of H-pyrrole nitrogens is 1. The molecular formula is C18H20Br2N6OS. The molecule has 0 bridgehead atoms. The van der Waals surface area contributed by atoms with Crippen LogP contribution in [0.4, 0.5) is 0 Å². The lowest BCUT2D eigenvalue weighted by atomic mass is 10.1. The minimum Gasteiger partial charge on any atom is -0.389 e. The Morgan fingerprint density at radius 2 is 1.71 bits per heavy atom. The van der Waals surface area contributed by atoms with E-state index in [9.17, 15) is 0 Å². The quantitative estimate of drug-likeness (QED) is 0.136. The van der Waals surface area contributed by atoms with Crippen molar-refractivity contribution in [1.82, 2.24) is 20.6 Å². The fourth-order valence-corrected chi connectivity index (χ4v) is 2.72. The Labute approximate surface area is 185 Å². The van der Waals surface area contributed by atoms with Crippen molar-refractivity contribution in [3.63, 3.8) is 0 Å². The van der Waals surface area contributed by atoms with Gasteiger partial charge in [0, 0.05) is 20.1 Å². The van der Waals surface area contributed by atoms with Crippen LogP contribution >= 0.6 is 44.1 Å². The number of carbonyl (C=O) groups is 1. The van der Waals surface area contributed by atoms with Crippen LogP contribution in [-0.4, -0.2) is 26.6 Å². The second kappa shape index (κ2) is 12.3. The van der Waals surface area contributed by atoms with Crippen LogP contribution in [-0.2, 0) is 4.79 Å². The molecule has 0 aliphatic heterocycles. The predicted molar refractivity (Wildman–Crippen MR) is 122 cm³/mol. The number of aryl methyl sites for hydroxylation is 2. The lowest BCUT2D eigenvalue weighted by Gasteiger charge is -2.00. The number of aromatic nitrogens is 3.